The molecule has 1 aromatic carbocycles. The largest absolute Gasteiger partial charge is 0.492 e. The summed E-state index contributed by atoms with van der Waals surface area (Å²) in [5.41, 5.74) is 1.23. The van der Waals surface area contributed by atoms with Crippen molar-refractivity contribution in [3.63, 3.8) is 0 Å². The third-order valence-corrected chi connectivity index (χ3v) is 3.40. The molecule has 0 aliphatic rings. The Bertz CT molecular complexity index is 328. The molecule has 0 bridgehead atoms. The van der Waals surface area contributed by atoms with Crippen molar-refractivity contribution in [1.29, 1.82) is 0 Å². The molecule has 1 aromatic rings. The number of benzene rings is 1. The molecule has 0 heterocycles. The van der Waals surface area contributed by atoms with Crippen LogP contribution in [0.3, 0.4) is 0 Å². The molecule has 0 fully saturated rings. The molecule has 0 aromatic heterocycles. The fourth-order valence-corrected chi connectivity index (χ4v) is 2.40. The average molecular weight is 306 g/mol. The number of aryl methyl sites for hydroxylation is 1. The van der Waals surface area contributed by atoms with Gasteiger partial charge in [0, 0.05) is 5.88 Å². The summed E-state index contributed by atoms with van der Waals surface area (Å²) in [7, 11) is 0. The minimum atomic E-state index is 0.627. The van der Waals surface area contributed by atoms with E-state index in [9.17, 15) is 0 Å². The summed E-state index contributed by atoms with van der Waals surface area (Å²) in [6.45, 7) is 5.02. The van der Waals surface area contributed by atoms with Crippen LogP contribution in [0.5, 0.6) is 5.75 Å². The van der Waals surface area contributed by atoms with Crippen LogP contribution >= 0.6 is 27.5 Å². The van der Waals surface area contributed by atoms with Gasteiger partial charge in [0.2, 0.25) is 0 Å². The molecule has 0 saturated carbocycles. The van der Waals surface area contributed by atoms with Gasteiger partial charge in [0.15, 0.2) is 0 Å². The number of hydrogen-bond donors (Lipinski definition) is 0. The summed E-state index contributed by atoms with van der Waals surface area (Å²) in [5, 5.41) is 0. The van der Waals surface area contributed by atoms with E-state index in [0.717, 1.165) is 35.6 Å². The molecule has 1 unspecified atom stereocenters. The fourth-order valence-electron chi connectivity index (χ4n) is 1.42. The maximum absolute atomic E-state index is 5.72. The van der Waals surface area contributed by atoms with Crippen LogP contribution in [0.2, 0.25) is 0 Å². The molecule has 0 aliphatic carbocycles. The van der Waals surface area contributed by atoms with E-state index in [1.54, 1.807) is 0 Å². The summed E-state index contributed by atoms with van der Waals surface area (Å²) in [6.07, 6.45) is 2.10. The van der Waals surface area contributed by atoms with Gasteiger partial charge in [0.25, 0.3) is 0 Å². The number of rotatable bonds is 6. The molecule has 0 radical (unpaired) electrons. The first-order valence-corrected chi connectivity index (χ1v) is 6.91. The van der Waals surface area contributed by atoms with Gasteiger partial charge < -0.3 is 4.74 Å². The second kappa shape index (κ2) is 7.18. The molecule has 3 heteroatoms. The van der Waals surface area contributed by atoms with Crippen molar-refractivity contribution in [3.05, 3.63) is 28.2 Å². The number of halogens is 2. The van der Waals surface area contributed by atoms with Gasteiger partial charge in [0.05, 0.1) is 11.1 Å². The van der Waals surface area contributed by atoms with Gasteiger partial charge in [-0.15, -0.1) is 11.6 Å². The molecule has 1 atom stereocenters. The van der Waals surface area contributed by atoms with E-state index >= 15 is 0 Å². The smallest absolute Gasteiger partial charge is 0.133 e. The zero-order chi connectivity index (χ0) is 12.0. The van der Waals surface area contributed by atoms with Crippen molar-refractivity contribution >= 4 is 27.5 Å². The number of ether oxygens (including phenoxy) is 1. The standard InChI is InChI=1S/C13H18BrClO/c1-10(5-7-15)6-8-16-13-4-3-11(2)9-12(13)14/h3-4,9-10H,5-8H2,1-2H3. The topological polar surface area (TPSA) is 9.23 Å². The van der Waals surface area contributed by atoms with E-state index in [2.05, 4.69) is 41.9 Å². The van der Waals surface area contributed by atoms with Crippen molar-refractivity contribution in [2.24, 2.45) is 5.92 Å². The first kappa shape index (κ1) is 13.9. The molecule has 0 aliphatic heterocycles. The Morgan fingerprint density at radius 3 is 2.75 bits per heavy atom. The second-order valence-electron chi connectivity index (χ2n) is 4.15. The molecule has 0 amide bonds. The molecule has 90 valence electrons. The molecule has 0 saturated heterocycles. The quantitative estimate of drug-likeness (QED) is 0.687. The Labute approximate surface area is 111 Å². The summed E-state index contributed by atoms with van der Waals surface area (Å²) in [5.74, 6) is 2.28. The Morgan fingerprint density at radius 1 is 1.38 bits per heavy atom. The highest BCUT2D eigenvalue weighted by molar-refractivity contribution is 9.10. The van der Waals surface area contributed by atoms with E-state index in [1.807, 2.05) is 6.07 Å². The molecule has 16 heavy (non-hydrogen) atoms. The first-order valence-electron chi connectivity index (χ1n) is 5.58. The SMILES string of the molecule is Cc1ccc(OCCC(C)CCCl)c(Br)c1. The molecule has 1 nitrogen and oxygen atoms in total. The van der Waals surface area contributed by atoms with Gasteiger partial charge in [-0.1, -0.05) is 13.0 Å². The number of alkyl halides is 1. The third kappa shape index (κ3) is 4.75. The van der Waals surface area contributed by atoms with Crippen LogP contribution < -0.4 is 4.74 Å². The van der Waals surface area contributed by atoms with Crippen molar-refractivity contribution < 1.29 is 4.74 Å². The van der Waals surface area contributed by atoms with Crippen LogP contribution in [0.1, 0.15) is 25.3 Å². The summed E-state index contributed by atoms with van der Waals surface area (Å²) < 4.78 is 6.74. The summed E-state index contributed by atoms with van der Waals surface area (Å²) in [4.78, 5) is 0. The summed E-state index contributed by atoms with van der Waals surface area (Å²) in [6, 6.07) is 6.13. The fraction of sp³-hybridized carbons (Fsp3) is 0.538. The Kier molecular flexibility index (Phi) is 6.22. The lowest BCUT2D eigenvalue weighted by Crippen LogP contribution is -2.05. The zero-order valence-electron chi connectivity index (χ0n) is 9.80. The van der Waals surface area contributed by atoms with Crippen LogP contribution in [0.4, 0.5) is 0 Å². The maximum atomic E-state index is 5.72. The predicted molar refractivity (Wildman–Crippen MR) is 73.5 cm³/mol. The lowest BCUT2D eigenvalue weighted by Gasteiger charge is -2.12. The molecule has 0 N–H and O–H groups in total. The monoisotopic (exact) mass is 304 g/mol. The van der Waals surface area contributed by atoms with Crippen molar-refractivity contribution in [1.82, 2.24) is 0 Å². The molecular weight excluding hydrogens is 287 g/mol. The average Bonchev–Trinajstić information content (AvgIpc) is 2.22. The lowest BCUT2D eigenvalue weighted by molar-refractivity contribution is 0.280. The van der Waals surface area contributed by atoms with Crippen molar-refractivity contribution in [2.45, 2.75) is 26.7 Å². The predicted octanol–water partition coefficient (Wildman–Crippen LogP) is 4.79. The second-order valence-corrected chi connectivity index (χ2v) is 5.39. The zero-order valence-corrected chi connectivity index (χ0v) is 12.1. The number of hydrogen-bond acceptors (Lipinski definition) is 1. The normalized spacial score (nSPS) is 12.5. The Morgan fingerprint density at radius 2 is 2.12 bits per heavy atom. The lowest BCUT2D eigenvalue weighted by atomic mass is 10.1. The van der Waals surface area contributed by atoms with E-state index in [1.165, 1.54) is 5.56 Å². The third-order valence-electron chi connectivity index (χ3n) is 2.56. The van der Waals surface area contributed by atoms with E-state index in [-0.39, 0.29) is 0 Å². The molecule has 0 spiro atoms. The van der Waals surface area contributed by atoms with E-state index < -0.39 is 0 Å². The Balaban J connectivity index is 2.37. The van der Waals surface area contributed by atoms with Crippen LogP contribution in [-0.4, -0.2) is 12.5 Å². The highest BCUT2D eigenvalue weighted by atomic mass is 79.9. The summed E-state index contributed by atoms with van der Waals surface area (Å²) >= 11 is 9.19. The van der Waals surface area contributed by atoms with E-state index in [0.29, 0.717) is 5.92 Å². The minimum Gasteiger partial charge on any atom is -0.492 e. The molecule has 1 rings (SSSR count). The molecular formula is C13H18BrClO. The maximum Gasteiger partial charge on any atom is 0.133 e. The first-order chi connectivity index (χ1) is 7.63. The van der Waals surface area contributed by atoms with Crippen LogP contribution in [0.15, 0.2) is 22.7 Å². The Hall–Kier alpha value is -0.210. The van der Waals surface area contributed by atoms with Gasteiger partial charge in [-0.05, 0) is 59.3 Å². The van der Waals surface area contributed by atoms with Crippen molar-refractivity contribution in [2.75, 3.05) is 12.5 Å². The van der Waals surface area contributed by atoms with Gasteiger partial charge in [-0.25, -0.2) is 0 Å². The van der Waals surface area contributed by atoms with Gasteiger partial charge in [-0.2, -0.15) is 0 Å². The highest BCUT2D eigenvalue weighted by Crippen LogP contribution is 2.26. The highest BCUT2D eigenvalue weighted by Gasteiger charge is 2.04. The van der Waals surface area contributed by atoms with E-state index in [4.69, 9.17) is 16.3 Å². The van der Waals surface area contributed by atoms with Crippen LogP contribution in [0, 0.1) is 12.8 Å². The van der Waals surface area contributed by atoms with Crippen molar-refractivity contribution in [3.8, 4) is 5.75 Å². The van der Waals surface area contributed by atoms with Crippen LogP contribution in [0.25, 0.3) is 0 Å². The minimum absolute atomic E-state index is 0.627. The van der Waals surface area contributed by atoms with Crippen LogP contribution in [-0.2, 0) is 0 Å². The van der Waals surface area contributed by atoms with Gasteiger partial charge in [0.1, 0.15) is 5.75 Å². The van der Waals surface area contributed by atoms with Gasteiger partial charge >= 0.3 is 0 Å². The van der Waals surface area contributed by atoms with Gasteiger partial charge in [-0.3, -0.25) is 0 Å².